The number of rotatable bonds is 3. The maximum absolute atomic E-state index is 6.09. The summed E-state index contributed by atoms with van der Waals surface area (Å²) in [6.45, 7) is 0.761. The molecule has 0 atom stereocenters. The van der Waals surface area contributed by atoms with Gasteiger partial charge in [0, 0.05) is 13.6 Å². The van der Waals surface area contributed by atoms with Crippen LogP contribution in [0.1, 0.15) is 5.56 Å². The first-order valence-corrected chi connectivity index (χ1v) is 6.76. The van der Waals surface area contributed by atoms with Crippen molar-refractivity contribution in [1.29, 1.82) is 0 Å². The lowest BCUT2D eigenvalue weighted by atomic mass is 10.2. The molecule has 19 heavy (non-hydrogen) atoms. The molecule has 2 aromatic rings. The molecule has 0 bridgehead atoms. The van der Waals surface area contributed by atoms with E-state index in [1.165, 1.54) is 5.56 Å². The molecule has 4 heteroatoms. The summed E-state index contributed by atoms with van der Waals surface area (Å²) < 4.78 is 0. The number of halogens is 1. The van der Waals surface area contributed by atoms with Crippen molar-refractivity contribution in [3.8, 4) is 0 Å². The normalized spacial score (nSPS) is 10.0. The van der Waals surface area contributed by atoms with E-state index in [2.05, 4.69) is 17.4 Å². The minimum Gasteiger partial charge on any atom is -0.348 e. The Morgan fingerprint density at radius 2 is 1.74 bits per heavy atom. The highest BCUT2D eigenvalue weighted by Gasteiger charge is 2.07. The molecule has 0 saturated carbocycles. The zero-order chi connectivity index (χ0) is 13.7. The van der Waals surface area contributed by atoms with Crippen molar-refractivity contribution < 1.29 is 0 Å². The molecule has 0 spiro atoms. The summed E-state index contributed by atoms with van der Waals surface area (Å²) in [5.74, 6) is 0. The van der Waals surface area contributed by atoms with Crippen LogP contribution in [0.3, 0.4) is 0 Å². The summed E-state index contributed by atoms with van der Waals surface area (Å²) in [5.41, 5.74) is 2.04. The molecule has 0 aliphatic heterocycles. The van der Waals surface area contributed by atoms with E-state index < -0.39 is 0 Å². The van der Waals surface area contributed by atoms with E-state index in [1.807, 2.05) is 54.4 Å². The van der Waals surface area contributed by atoms with Crippen molar-refractivity contribution in [2.45, 2.75) is 6.54 Å². The van der Waals surface area contributed by atoms with Crippen LogP contribution in [0.2, 0.25) is 5.02 Å². The molecule has 98 valence electrons. The molecule has 0 fully saturated rings. The number of hydrogen-bond acceptors (Lipinski definition) is 1. The number of anilines is 1. The summed E-state index contributed by atoms with van der Waals surface area (Å²) in [6.07, 6.45) is 0. The highest BCUT2D eigenvalue weighted by molar-refractivity contribution is 7.80. The summed E-state index contributed by atoms with van der Waals surface area (Å²) in [7, 11) is 1.96. The highest BCUT2D eigenvalue weighted by atomic mass is 35.5. The van der Waals surface area contributed by atoms with Crippen LogP contribution >= 0.6 is 23.8 Å². The molecule has 0 radical (unpaired) electrons. The number of benzene rings is 2. The average Bonchev–Trinajstić information content (AvgIpc) is 2.42. The van der Waals surface area contributed by atoms with E-state index in [-0.39, 0.29) is 0 Å². The Balaban J connectivity index is 1.99. The Kier molecular flexibility index (Phi) is 4.77. The molecule has 2 aromatic carbocycles. The van der Waals surface area contributed by atoms with E-state index >= 15 is 0 Å². The van der Waals surface area contributed by atoms with Crippen LogP contribution in [0, 0.1) is 0 Å². The molecule has 2 rings (SSSR count). The predicted octanol–water partition coefficient (Wildman–Crippen LogP) is 4.17. The summed E-state index contributed by atoms with van der Waals surface area (Å²) in [5, 5.41) is 4.47. The van der Waals surface area contributed by atoms with Gasteiger partial charge in [-0.1, -0.05) is 54.1 Å². The summed E-state index contributed by atoms with van der Waals surface area (Å²) >= 11 is 11.5. The Hall–Kier alpha value is -1.58. The molecule has 2 nitrogen and oxygen atoms in total. The van der Waals surface area contributed by atoms with Gasteiger partial charge < -0.3 is 10.2 Å². The molecule has 0 heterocycles. The van der Waals surface area contributed by atoms with Gasteiger partial charge in [-0.3, -0.25) is 0 Å². The van der Waals surface area contributed by atoms with E-state index in [1.54, 1.807) is 0 Å². The molecule has 0 aromatic heterocycles. The maximum atomic E-state index is 6.09. The number of hydrogen-bond donors (Lipinski definition) is 1. The fraction of sp³-hybridized carbons (Fsp3) is 0.133. The smallest absolute Gasteiger partial charge is 0.173 e. The quantitative estimate of drug-likeness (QED) is 0.854. The van der Waals surface area contributed by atoms with Gasteiger partial charge in [0.25, 0.3) is 0 Å². The Labute approximate surface area is 124 Å². The topological polar surface area (TPSA) is 15.3 Å². The third kappa shape index (κ3) is 3.94. The molecule has 0 saturated heterocycles. The molecular formula is C15H15ClN2S. The number of nitrogens with one attached hydrogen (secondary N) is 1. The predicted molar refractivity (Wildman–Crippen MR) is 85.6 cm³/mol. The standard InChI is InChI=1S/C15H15ClN2S/c1-18(11-12-7-3-2-4-8-12)15(19)17-14-10-6-5-9-13(14)16/h2-10H,11H2,1H3,(H,17,19). The number of para-hydroxylation sites is 1. The lowest BCUT2D eigenvalue weighted by molar-refractivity contribution is 0.508. The van der Waals surface area contributed by atoms with Crippen LogP contribution in [0.4, 0.5) is 5.69 Å². The second-order valence-corrected chi connectivity index (χ2v) is 5.05. The van der Waals surface area contributed by atoms with Gasteiger partial charge in [-0.05, 0) is 29.9 Å². The van der Waals surface area contributed by atoms with Gasteiger partial charge in [-0.2, -0.15) is 0 Å². The van der Waals surface area contributed by atoms with Gasteiger partial charge in [-0.15, -0.1) is 0 Å². The van der Waals surface area contributed by atoms with Crippen LogP contribution < -0.4 is 5.32 Å². The van der Waals surface area contributed by atoms with Gasteiger partial charge in [0.2, 0.25) is 0 Å². The van der Waals surface area contributed by atoms with Crippen LogP contribution in [0.5, 0.6) is 0 Å². The molecule has 0 amide bonds. The van der Waals surface area contributed by atoms with Crippen molar-refractivity contribution in [3.63, 3.8) is 0 Å². The number of thiocarbonyl (C=S) groups is 1. The van der Waals surface area contributed by atoms with E-state index in [9.17, 15) is 0 Å². The third-order valence-corrected chi connectivity index (χ3v) is 3.47. The first kappa shape index (κ1) is 13.8. The Morgan fingerprint density at radius 3 is 2.42 bits per heavy atom. The second kappa shape index (κ2) is 6.55. The van der Waals surface area contributed by atoms with Crippen molar-refractivity contribution in [1.82, 2.24) is 4.90 Å². The molecule has 0 aliphatic rings. The van der Waals surface area contributed by atoms with Crippen molar-refractivity contribution >= 4 is 34.6 Å². The van der Waals surface area contributed by atoms with Crippen LogP contribution in [0.25, 0.3) is 0 Å². The minimum atomic E-state index is 0.650. The van der Waals surface area contributed by atoms with E-state index in [0.29, 0.717) is 10.1 Å². The molecule has 0 unspecified atom stereocenters. The highest BCUT2D eigenvalue weighted by Crippen LogP contribution is 2.20. The summed E-state index contributed by atoms with van der Waals surface area (Å²) in [4.78, 5) is 1.98. The summed E-state index contributed by atoms with van der Waals surface area (Å²) in [6, 6.07) is 17.8. The van der Waals surface area contributed by atoms with Gasteiger partial charge in [0.1, 0.15) is 0 Å². The lowest BCUT2D eigenvalue weighted by Gasteiger charge is -2.21. The van der Waals surface area contributed by atoms with Crippen LogP contribution in [0.15, 0.2) is 54.6 Å². The Morgan fingerprint density at radius 1 is 1.11 bits per heavy atom. The van der Waals surface area contributed by atoms with Crippen molar-refractivity contribution in [3.05, 3.63) is 65.2 Å². The van der Waals surface area contributed by atoms with Crippen LogP contribution in [-0.2, 0) is 6.54 Å². The zero-order valence-electron chi connectivity index (χ0n) is 10.6. The molecule has 0 aliphatic carbocycles. The van der Waals surface area contributed by atoms with Gasteiger partial charge >= 0.3 is 0 Å². The van der Waals surface area contributed by atoms with E-state index in [4.69, 9.17) is 23.8 Å². The van der Waals surface area contributed by atoms with Crippen molar-refractivity contribution in [2.24, 2.45) is 0 Å². The van der Waals surface area contributed by atoms with Gasteiger partial charge in [-0.25, -0.2) is 0 Å². The molecule has 1 N–H and O–H groups in total. The van der Waals surface area contributed by atoms with Gasteiger partial charge in [0.05, 0.1) is 10.7 Å². The largest absolute Gasteiger partial charge is 0.348 e. The SMILES string of the molecule is CN(Cc1ccccc1)C(=S)Nc1ccccc1Cl. The maximum Gasteiger partial charge on any atom is 0.173 e. The minimum absolute atomic E-state index is 0.650. The first-order chi connectivity index (χ1) is 9.16. The van der Waals surface area contributed by atoms with Gasteiger partial charge in [0.15, 0.2) is 5.11 Å². The Bertz CT molecular complexity index is 557. The average molecular weight is 291 g/mol. The van der Waals surface area contributed by atoms with Crippen molar-refractivity contribution in [2.75, 3.05) is 12.4 Å². The van der Waals surface area contributed by atoms with Crippen LogP contribution in [-0.4, -0.2) is 17.1 Å². The lowest BCUT2D eigenvalue weighted by Crippen LogP contribution is -2.30. The first-order valence-electron chi connectivity index (χ1n) is 5.97. The zero-order valence-corrected chi connectivity index (χ0v) is 12.2. The fourth-order valence-electron chi connectivity index (χ4n) is 1.70. The van der Waals surface area contributed by atoms with E-state index in [0.717, 1.165) is 12.2 Å². The molecular weight excluding hydrogens is 276 g/mol. The second-order valence-electron chi connectivity index (χ2n) is 4.25. The monoisotopic (exact) mass is 290 g/mol. The fourth-order valence-corrected chi connectivity index (χ4v) is 2.06. The number of nitrogens with zero attached hydrogens (tertiary/aromatic N) is 1. The third-order valence-electron chi connectivity index (χ3n) is 2.72.